The van der Waals surface area contributed by atoms with Crippen LogP contribution in [0.4, 0.5) is 5.69 Å². The molecule has 1 aliphatic heterocycles. The number of benzene rings is 1. The predicted molar refractivity (Wildman–Crippen MR) is 74.8 cm³/mol. The van der Waals surface area contributed by atoms with Gasteiger partial charge in [0.15, 0.2) is 0 Å². The first kappa shape index (κ1) is 12.9. The molecule has 98 valence electrons. The fourth-order valence-electron chi connectivity index (χ4n) is 2.78. The number of aryl methyl sites for hydroxylation is 1. The van der Waals surface area contributed by atoms with Crippen LogP contribution in [-0.4, -0.2) is 19.0 Å². The summed E-state index contributed by atoms with van der Waals surface area (Å²) in [5, 5.41) is 0. The summed E-state index contributed by atoms with van der Waals surface area (Å²) in [6.45, 7) is 8.25. The molecule has 1 aromatic rings. The van der Waals surface area contributed by atoms with Gasteiger partial charge in [-0.15, -0.1) is 0 Å². The van der Waals surface area contributed by atoms with Gasteiger partial charge in [0.25, 0.3) is 0 Å². The van der Waals surface area contributed by atoms with Gasteiger partial charge in [-0.3, -0.25) is 4.79 Å². The predicted octanol–water partition coefficient (Wildman–Crippen LogP) is 2.43. The second-order valence-electron chi connectivity index (χ2n) is 5.50. The Bertz CT molecular complexity index is 454. The molecule has 0 bridgehead atoms. The highest BCUT2D eigenvalue weighted by molar-refractivity contribution is 5.78. The summed E-state index contributed by atoms with van der Waals surface area (Å²) in [7, 11) is 0. The van der Waals surface area contributed by atoms with Gasteiger partial charge < -0.3 is 10.6 Å². The molecule has 2 rings (SSSR count). The van der Waals surface area contributed by atoms with E-state index in [1.54, 1.807) is 0 Å². The highest BCUT2D eigenvalue weighted by Crippen LogP contribution is 2.34. The molecule has 0 spiro atoms. The molecule has 1 fully saturated rings. The van der Waals surface area contributed by atoms with Crippen LogP contribution in [0.3, 0.4) is 0 Å². The zero-order valence-electron chi connectivity index (χ0n) is 11.4. The van der Waals surface area contributed by atoms with Crippen molar-refractivity contribution in [3.8, 4) is 0 Å². The van der Waals surface area contributed by atoms with Crippen LogP contribution < -0.4 is 10.6 Å². The molecule has 2 N–H and O–H groups in total. The van der Waals surface area contributed by atoms with Gasteiger partial charge in [-0.1, -0.05) is 32.0 Å². The fourth-order valence-corrected chi connectivity index (χ4v) is 2.78. The summed E-state index contributed by atoms with van der Waals surface area (Å²) >= 11 is 0. The SMILES string of the molecule is Cc1cccc(C(C)C)c1N1CCC(C(N)=O)C1. The minimum absolute atomic E-state index is 0.00428. The molecule has 18 heavy (non-hydrogen) atoms. The molecule has 1 unspecified atom stereocenters. The van der Waals surface area contributed by atoms with Crippen LogP contribution in [0.1, 0.15) is 37.3 Å². The first-order valence-electron chi connectivity index (χ1n) is 6.64. The second kappa shape index (κ2) is 5.01. The number of rotatable bonds is 3. The molecule has 0 aliphatic carbocycles. The lowest BCUT2D eigenvalue weighted by Gasteiger charge is -2.25. The highest BCUT2D eigenvalue weighted by atomic mass is 16.1. The van der Waals surface area contributed by atoms with Gasteiger partial charge >= 0.3 is 0 Å². The average molecular weight is 246 g/mol. The summed E-state index contributed by atoms with van der Waals surface area (Å²) in [4.78, 5) is 13.6. The largest absolute Gasteiger partial charge is 0.370 e. The molecule has 1 atom stereocenters. The fraction of sp³-hybridized carbons (Fsp3) is 0.533. The number of nitrogens with two attached hydrogens (primary N) is 1. The smallest absolute Gasteiger partial charge is 0.222 e. The van der Waals surface area contributed by atoms with Gasteiger partial charge in [-0.25, -0.2) is 0 Å². The van der Waals surface area contributed by atoms with Gasteiger partial charge in [0.05, 0.1) is 5.92 Å². The third-order valence-electron chi connectivity index (χ3n) is 3.80. The number of primary amides is 1. The molecular weight excluding hydrogens is 224 g/mol. The summed E-state index contributed by atoms with van der Waals surface area (Å²) in [6, 6.07) is 6.43. The Morgan fingerprint density at radius 1 is 1.44 bits per heavy atom. The number of hydrogen-bond donors (Lipinski definition) is 1. The van der Waals surface area contributed by atoms with E-state index in [0.29, 0.717) is 5.92 Å². The monoisotopic (exact) mass is 246 g/mol. The lowest BCUT2D eigenvalue weighted by atomic mass is 9.97. The Hall–Kier alpha value is -1.51. The molecule has 1 amide bonds. The first-order valence-corrected chi connectivity index (χ1v) is 6.64. The molecule has 1 heterocycles. The van der Waals surface area contributed by atoms with Gasteiger partial charge in [-0.2, -0.15) is 0 Å². The second-order valence-corrected chi connectivity index (χ2v) is 5.50. The molecule has 1 aliphatic rings. The molecule has 0 radical (unpaired) electrons. The Morgan fingerprint density at radius 3 is 2.72 bits per heavy atom. The summed E-state index contributed by atoms with van der Waals surface area (Å²) in [5.74, 6) is 0.328. The maximum absolute atomic E-state index is 11.3. The minimum Gasteiger partial charge on any atom is -0.370 e. The Kier molecular flexibility index (Phi) is 3.60. The van der Waals surface area contributed by atoms with Crippen molar-refractivity contribution in [1.29, 1.82) is 0 Å². The lowest BCUT2D eigenvalue weighted by Crippen LogP contribution is -2.28. The molecule has 1 saturated heterocycles. The zero-order valence-corrected chi connectivity index (χ0v) is 11.4. The van der Waals surface area contributed by atoms with E-state index < -0.39 is 0 Å². The number of hydrogen-bond acceptors (Lipinski definition) is 2. The van der Waals surface area contributed by atoms with Crippen molar-refractivity contribution in [2.75, 3.05) is 18.0 Å². The van der Waals surface area contributed by atoms with E-state index >= 15 is 0 Å². The number of anilines is 1. The quantitative estimate of drug-likeness (QED) is 0.890. The first-order chi connectivity index (χ1) is 8.50. The van der Waals surface area contributed by atoms with Crippen LogP contribution in [0.25, 0.3) is 0 Å². The Balaban J connectivity index is 2.31. The molecule has 0 aromatic heterocycles. The number of carbonyl (C=O) groups is 1. The number of carbonyl (C=O) groups excluding carboxylic acids is 1. The molecular formula is C15H22N2O. The lowest BCUT2D eigenvalue weighted by molar-refractivity contribution is -0.121. The van der Waals surface area contributed by atoms with E-state index in [4.69, 9.17) is 5.73 Å². The van der Waals surface area contributed by atoms with E-state index in [-0.39, 0.29) is 11.8 Å². The Labute approximate surface area is 109 Å². The Morgan fingerprint density at radius 2 is 2.17 bits per heavy atom. The van der Waals surface area contributed by atoms with Crippen molar-refractivity contribution in [1.82, 2.24) is 0 Å². The molecule has 1 aromatic carbocycles. The maximum Gasteiger partial charge on any atom is 0.222 e. The maximum atomic E-state index is 11.3. The standard InChI is InChI=1S/C15H22N2O/c1-10(2)13-6-4-5-11(3)14(13)17-8-7-12(9-17)15(16)18/h4-6,10,12H,7-9H2,1-3H3,(H2,16,18). The van der Waals surface area contributed by atoms with E-state index in [1.807, 2.05) is 0 Å². The van der Waals surface area contributed by atoms with Crippen LogP contribution in [0.15, 0.2) is 18.2 Å². The molecule has 0 saturated carbocycles. The third-order valence-corrected chi connectivity index (χ3v) is 3.80. The van der Waals surface area contributed by atoms with Crippen LogP contribution in [0.5, 0.6) is 0 Å². The van der Waals surface area contributed by atoms with Crippen molar-refractivity contribution < 1.29 is 4.79 Å². The average Bonchev–Trinajstić information content (AvgIpc) is 2.77. The van der Waals surface area contributed by atoms with Crippen molar-refractivity contribution in [2.24, 2.45) is 11.7 Å². The van der Waals surface area contributed by atoms with Crippen molar-refractivity contribution >= 4 is 11.6 Å². The third kappa shape index (κ3) is 2.35. The summed E-state index contributed by atoms with van der Waals surface area (Å²) in [5.41, 5.74) is 9.36. The van der Waals surface area contributed by atoms with E-state index in [0.717, 1.165) is 19.5 Å². The van der Waals surface area contributed by atoms with Crippen LogP contribution >= 0.6 is 0 Å². The zero-order chi connectivity index (χ0) is 13.3. The van der Waals surface area contributed by atoms with E-state index in [1.165, 1.54) is 16.8 Å². The van der Waals surface area contributed by atoms with Gasteiger partial charge in [-0.05, 0) is 30.4 Å². The van der Waals surface area contributed by atoms with E-state index in [2.05, 4.69) is 43.9 Å². The van der Waals surface area contributed by atoms with E-state index in [9.17, 15) is 4.79 Å². The molecule has 3 nitrogen and oxygen atoms in total. The number of para-hydroxylation sites is 1. The van der Waals surface area contributed by atoms with Gasteiger partial charge in [0.1, 0.15) is 0 Å². The normalized spacial score (nSPS) is 19.6. The molecule has 3 heteroatoms. The highest BCUT2D eigenvalue weighted by Gasteiger charge is 2.28. The van der Waals surface area contributed by atoms with Crippen molar-refractivity contribution in [3.63, 3.8) is 0 Å². The summed E-state index contributed by atoms with van der Waals surface area (Å²) in [6.07, 6.45) is 0.876. The van der Waals surface area contributed by atoms with Crippen LogP contribution in [0.2, 0.25) is 0 Å². The summed E-state index contributed by atoms with van der Waals surface area (Å²) < 4.78 is 0. The van der Waals surface area contributed by atoms with Gasteiger partial charge in [0, 0.05) is 18.8 Å². The van der Waals surface area contributed by atoms with Crippen LogP contribution in [0, 0.1) is 12.8 Å². The number of amides is 1. The minimum atomic E-state index is -0.169. The van der Waals surface area contributed by atoms with Crippen LogP contribution in [-0.2, 0) is 4.79 Å². The van der Waals surface area contributed by atoms with Crippen molar-refractivity contribution in [3.05, 3.63) is 29.3 Å². The van der Waals surface area contributed by atoms with Gasteiger partial charge in [0.2, 0.25) is 5.91 Å². The number of nitrogens with zero attached hydrogens (tertiary/aromatic N) is 1. The van der Waals surface area contributed by atoms with Crippen molar-refractivity contribution in [2.45, 2.75) is 33.1 Å². The topological polar surface area (TPSA) is 46.3 Å².